The first kappa shape index (κ1) is 26.3. The van der Waals surface area contributed by atoms with Crippen LogP contribution in [0, 0.1) is 17.2 Å². The fourth-order valence-corrected chi connectivity index (χ4v) is 7.02. The van der Waals surface area contributed by atoms with Crippen LogP contribution in [0.2, 0.25) is 0 Å². The highest BCUT2D eigenvalue weighted by atomic mass is 32.2. The summed E-state index contributed by atoms with van der Waals surface area (Å²) in [6, 6.07) is 21.6. The molecule has 1 fully saturated rings. The average molecular weight is 544 g/mol. The number of nitrogens with one attached hydrogen (secondary N) is 1. The zero-order chi connectivity index (χ0) is 27.6. The summed E-state index contributed by atoms with van der Waals surface area (Å²) in [4.78, 5) is 16.4. The molecule has 5 rings (SSSR count). The molecular weight excluding hydrogens is 514 g/mol. The summed E-state index contributed by atoms with van der Waals surface area (Å²) >= 11 is 0. The molecule has 0 saturated heterocycles. The Bertz CT molecular complexity index is 1650. The summed E-state index contributed by atoms with van der Waals surface area (Å²) in [6.07, 6.45) is 4.39. The van der Waals surface area contributed by atoms with Crippen molar-refractivity contribution in [3.05, 3.63) is 90.3 Å². The molecule has 0 radical (unpaired) electrons. The molecule has 3 N–H and O–H groups in total. The van der Waals surface area contributed by atoms with Crippen LogP contribution in [0.5, 0.6) is 0 Å². The molecular formula is C29H29N5O4S. The van der Waals surface area contributed by atoms with E-state index in [1.54, 1.807) is 24.3 Å². The number of fused-ring (bicyclic) bond motifs is 1. The van der Waals surface area contributed by atoms with Crippen LogP contribution in [-0.2, 0) is 21.2 Å². The highest BCUT2D eigenvalue weighted by Crippen LogP contribution is 2.44. The Morgan fingerprint density at radius 1 is 1.15 bits per heavy atom. The number of nitrogens with zero attached hydrogens (tertiary/aromatic N) is 3. The van der Waals surface area contributed by atoms with E-state index in [0.29, 0.717) is 35.9 Å². The van der Waals surface area contributed by atoms with Crippen molar-refractivity contribution in [1.29, 1.82) is 5.26 Å². The van der Waals surface area contributed by atoms with Crippen molar-refractivity contribution in [2.24, 2.45) is 11.7 Å². The molecule has 1 saturated carbocycles. The Balaban J connectivity index is 1.53. The number of carbonyl (C=O) groups is 1. The molecule has 3 atom stereocenters. The SMILES string of the molecule is CC[C@@H]1CC(Cc2ccccc2)(OC(N)=O)C[C@@H]1Nc1c(C#N)cnc2c1ccn2S(=O)(=O)c1ccccc1. The second kappa shape index (κ2) is 10.4. The van der Waals surface area contributed by atoms with Gasteiger partial charge in [-0.2, -0.15) is 5.26 Å². The van der Waals surface area contributed by atoms with Crippen molar-refractivity contribution in [3.63, 3.8) is 0 Å². The first-order chi connectivity index (χ1) is 18.8. The highest BCUT2D eigenvalue weighted by molar-refractivity contribution is 7.90. The molecule has 0 aliphatic heterocycles. The van der Waals surface area contributed by atoms with Gasteiger partial charge < -0.3 is 15.8 Å². The smallest absolute Gasteiger partial charge is 0.405 e. The van der Waals surface area contributed by atoms with E-state index in [1.165, 1.54) is 24.5 Å². The third kappa shape index (κ3) is 5.05. The second-order valence-electron chi connectivity index (χ2n) is 9.92. The molecule has 0 bridgehead atoms. The monoisotopic (exact) mass is 543 g/mol. The molecule has 200 valence electrons. The highest BCUT2D eigenvalue weighted by Gasteiger charge is 2.47. The minimum Gasteiger partial charge on any atom is -0.443 e. The predicted molar refractivity (Wildman–Crippen MR) is 147 cm³/mol. The van der Waals surface area contributed by atoms with Gasteiger partial charge in [-0.1, -0.05) is 61.9 Å². The number of primary amides is 1. The second-order valence-corrected chi connectivity index (χ2v) is 11.7. The molecule has 1 aliphatic rings. The van der Waals surface area contributed by atoms with E-state index in [-0.39, 0.29) is 22.5 Å². The van der Waals surface area contributed by atoms with Gasteiger partial charge in [0.05, 0.1) is 16.1 Å². The Morgan fingerprint density at radius 2 is 1.85 bits per heavy atom. The number of amides is 1. The topological polar surface area (TPSA) is 140 Å². The van der Waals surface area contributed by atoms with Crippen molar-refractivity contribution in [2.75, 3.05) is 5.32 Å². The Morgan fingerprint density at radius 3 is 2.49 bits per heavy atom. The summed E-state index contributed by atoms with van der Waals surface area (Å²) in [5.74, 6) is 0.109. The van der Waals surface area contributed by atoms with E-state index in [4.69, 9.17) is 10.5 Å². The van der Waals surface area contributed by atoms with Gasteiger partial charge in [-0.3, -0.25) is 0 Å². The third-order valence-corrected chi connectivity index (χ3v) is 9.12. The summed E-state index contributed by atoms with van der Waals surface area (Å²) in [5.41, 5.74) is 6.75. The minimum absolute atomic E-state index is 0.109. The first-order valence-corrected chi connectivity index (χ1v) is 14.2. The van der Waals surface area contributed by atoms with Gasteiger partial charge in [-0.25, -0.2) is 22.2 Å². The van der Waals surface area contributed by atoms with Gasteiger partial charge in [-0.05, 0) is 36.1 Å². The Labute approximate surface area is 227 Å². The molecule has 2 aromatic heterocycles. The van der Waals surface area contributed by atoms with Crippen LogP contribution in [-0.4, -0.2) is 35.1 Å². The van der Waals surface area contributed by atoms with E-state index >= 15 is 0 Å². The lowest BCUT2D eigenvalue weighted by atomic mass is 9.91. The zero-order valence-corrected chi connectivity index (χ0v) is 22.3. The van der Waals surface area contributed by atoms with Gasteiger partial charge in [0.25, 0.3) is 10.0 Å². The van der Waals surface area contributed by atoms with E-state index < -0.39 is 21.7 Å². The number of benzene rings is 2. The number of hydrogen-bond acceptors (Lipinski definition) is 7. The number of anilines is 1. The maximum atomic E-state index is 13.4. The number of carbonyl (C=O) groups excluding carboxylic acids is 1. The zero-order valence-electron chi connectivity index (χ0n) is 21.4. The Hall–Kier alpha value is -4.36. The molecule has 1 unspecified atom stereocenters. The predicted octanol–water partition coefficient (Wildman–Crippen LogP) is 4.82. The van der Waals surface area contributed by atoms with Crippen molar-refractivity contribution < 1.29 is 17.9 Å². The van der Waals surface area contributed by atoms with Crippen LogP contribution >= 0.6 is 0 Å². The van der Waals surface area contributed by atoms with Gasteiger partial charge >= 0.3 is 6.09 Å². The van der Waals surface area contributed by atoms with Crippen LogP contribution in [0.3, 0.4) is 0 Å². The molecule has 10 heteroatoms. The van der Waals surface area contributed by atoms with E-state index in [2.05, 4.69) is 23.3 Å². The summed E-state index contributed by atoms with van der Waals surface area (Å²) in [6.45, 7) is 2.07. The quantitative estimate of drug-likeness (QED) is 0.325. The van der Waals surface area contributed by atoms with Crippen LogP contribution in [0.25, 0.3) is 11.0 Å². The lowest BCUT2D eigenvalue weighted by Crippen LogP contribution is -2.38. The minimum atomic E-state index is -3.90. The number of nitrogens with two attached hydrogens (primary N) is 1. The largest absolute Gasteiger partial charge is 0.443 e. The summed E-state index contributed by atoms with van der Waals surface area (Å²) in [5, 5.41) is 13.9. The van der Waals surface area contributed by atoms with Crippen molar-refractivity contribution >= 4 is 32.8 Å². The molecule has 2 heterocycles. The number of nitriles is 1. The van der Waals surface area contributed by atoms with Crippen LogP contribution in [0.15, 0.2) is 84.0 Å². The molecule has 39 heavy (non-hydrogen) atoms. The number of aromatic nitrogens is 2. The molecule has 1 amide bonds. The fourth-order valence-electron chi connectivity index (χ4n) is 5.70. The molecule has 9 nitrogen and oxygen atoms in total. The number of hydrogen-bond donors (Lipinski definition) is 2. The Kier molecular flexibility index (Phi) is 7.02. The van der Waals surface area contributed by atoms with Gasteiger partial charge in [-0.15, -0.1) is 0 Å². The van der Waals surface area contributed by atoms with Crippen LogP contribution in [0.4, 0.5) is 10.5 Å². The van der Waals surface area contributed by atoms with Crippen LogP contribution in [0.1, 0.15) is 37.3 Å². The fraction of sp³-hybridized carbons (Fsp3) is 0.276. The van der Waals surface area contributed by atoms with Crippen molar-refractivity contribution in [1.82, 2.24) is 8.96 Å². The summed E-state index contributed by atoms with van der Waals surface area (Å²) < 4.78 is 33.6. The van der Waals surface area contributed by atoms with Crippen LogP contribution < -0.4 is 11.1 Å². The van der Waals surface area contributed by atoms with E-state index in [9.17, 15) is 18.5 Å². The van der Waals surface area contributed by atoms with Crippen molar-refractivity contribution in [2.45, 2.75) is 49.1 Å². The van der Waals surface area contributed by atoms with Gasteiger partial charge in [0.1, 0.15) is 11.7 Å². The number of ether oxygens (including phenoxy) is 1. The lowest BCUT2D eigenvalue weighted by molar-refractivity contribution is 0.0185. The molecule has 2 aromatic carbocycles. The van der Waals surface area contributed by atoms with Gasteiger partial charge in [0.15, 0.2) is 5.65 Å². The van der Waals surface area contributed by atoms with Gasteiger partial charge in [0.2, 0.25) is 0 Å². The maximum Gasteiger partial charge on any atom is 0.405 e. The molecule has 1 aliphatic carbocycles. The average Bonchev–Trinajstić information content (AvgIpc) is 3.51. The normalized spacial score (nSPS) is 20.9. The standard InChI is InChI=1S/C29H29N5O4S/c1-2-21-16-29(38-28(31)35,15-20-9-5-3-6-10-20)17-25(21)33-26-22(18-30)19-32-27-24(26)13-14-34(27)39(36,37)23-11-7-4-8-12-23/h3-14,19,21,25H,2,15-17H2,1H3,(H2,31,35)(H,32,33)/t21-,25+,29?/m1/s1. The lowest BCUT2D eigenvalue weighted by Gasteiger charge is -2.29. The molecule has 4 aromatic rings. The number of rotatable bonds is 8. The third-order valence-electron chi connectivity index (χ3n) is 7.44. The first-order valence-electron chi connectivity index (χ1n) is 12.8. The van der Waals surface area contributed by atoms with Gasteiger partial charge in [0, 0.05) is 36.7 Å². The van der Waals surface area contributed by atoms with E-state index in [0.717, 1.165) is 16.0 Å². The van der Waals surface area contributed by atoms with Crippen molar-refractivity contribution in [3.8, 4) is 6.07 Å². The maximum absolute atomic E-state index is 13.4. The molecule has 0 spiro atoms. The van der Waals surface area contributed by atoms with E-state index in [1.807, 2.05) is 30.3 Å². The number of pyridine rings is 1. The summed E-state index contributed by atoms with van der Waals surface area (Å²) in [7, 11) is -3.90.